The van der Waals surface area contributed by atoms with Crippen molar-refractivity contribution in [3.05, 3.63) is 59.7 Å². The number of carboxylic acid groups (broad SMARTS) is 1. The average molecular weight is 425 g/mol. The maximum atomic E-state index is 11.7. The van der Waals surface area contributed by atoms with Crippen LogP contribution in [-0.4, -0.2) is 36.5 Å². The fourth-order valence-electron chi connectivity index (χ4n) is 4.77. The first-order valence-corrected chi connectivity index (χ1v) is 11.5. The molecule has 1 N–H and O–H groups in total. The Morgan fingerprint density at radius 2 is 1.84 bits per heavy atom. The zero-order valence-corrected chi connectivity index (χ0v) is 18.1. The van der Waals surface area contributed by atoms with Gasteiger partial charge in [0.25, 0.3) is 0 Å². The number of para-hydroxylation sites is 1. The third kappa shape index (κ3) is 5.40. The molecule has 1 aliphatic carbocycles. The standard InChI is InChI=1S/C26H32O5/c27-25(28)26(14-6-17-31-26)19-20-8-5-11-22(18-20)29-15-7-16-30-24-13-4-3-12-23(24)21-9-1-2-10-21/h3-5,8,11-13,18,21H,1-2,6-7,9-10,14-17,19H2,(H,27,28). The van der Waals surface area contributed by atoms with Crippen LogP contribution >= 0.6 is 0 Å². The van der Waals surface area contributed by atoms with E-state index in [1.54, 1.807) is 0 Å². The van der Waals surface area contributed by atoms with Crippen LogP contribution in [0.3, 0.4) is 0 Å². The monoisotopic (exact) mass is 424 g/mol. The van der Waals surface area contributed by atoms with Gasteiger partial charge in [-0.3, -0.25) is 0 Å². The van der Waals surface area contributed by atoms with Crippen LogP contribution in [0.25, 0.3) is 0 Å². The molecule has 0 spiro atoms. The molecule has 31 heavy (non-hydrogen) atoms. The summed E-state index contributed by atoms with van der Waals surface area (Å²) in [5.74, 6) is 1.51. The first kappa shape index (κ1) is 21.7. The lowest BCUT2D eigenvalue weighted by Gasteiger charge is -2.23. The van der Waals surface area contributed by atoms with Crippen molar-refractivity contribution in [2.24, 2.45) is 0 Å². The van der Waals surface area contributed by atoms with E-state index in [-0.39, 0.29) is 0 Å². The maximum Gasteiger partial charge on any atom is 0.336 e. The summed E-state index contributed by atoms with van der Waals surface area (Å²) in [5.41, 5.74) is 1.16. The predicted octanol–water partition coefficient (Wildman–Crippen LogP) is 5.37. The summed E-state index contributed by atoms with van der Waals surface area (Å²) in [6, 6.07) is 16.1. The largest absolute Gasteiger partial charge is 0.493 e. The quantitative estimate of drug-likeness (QED) is 0.520. The van der Waals surface area contributed by atoms with E-state index in [0.29, 0.717) is 38.6 Å². The van der Waals surface area contributed by atoms with Crippen LogP contribution in [0.15, 0.2) is 48.5 Å². The first-order chi connectivity index (χ1) is 15.2. The number of ether oxygens (including phenoxy) is 3. The minimum atomic E-state index is -1.10. The molecule has 5 nitrogen and oxygen atoms in total. The highest BCUT2D eigenvalue weighted by Crippen LogP contribution is 2.38. The van der Waals surface area contributed by atoms with Crippen molar-refractivity contribution in [1.29, 1.82) is 0 Å². The Morgan fingerprint density at radius 3 is 2.61 bits per heavy atom. The fourth-order valence-corrected chi connectivity index (χ4v) is 4.77. The molecular formula is C26H32O5. The summed E-state index contributed by atoms with van der Waals surface area (Å²) in [6.45, 7) is 1.67. The molecule has 0 radical (unpaired) electrons. The van der Waals surface area contributed by atoms with Crippen LogP contribution in [0.4, 0.5) is 0 Å². The van der Waals surface area contributed by atoms with Crippen LogP contribution < -0.4 is 9.47 Å². The SMILES string of the molecule is O=C(O)C1(Cc2cccc(OCCCOc3ccccc3C3CCCC3)c2)CCCO1. The summed E-state index contributed by atoms with van der Waals surface area (Å²) >= 11 is 0. The second-order valence-corrected chi connectivity index (χ2v) is 8.65. The molecule has 5 heteroatoms. The molecular weight excluding hydrogens is 392 g/mol. The number of hydrogen-bond donors (Lipinski definition) is 1. The van der Waals surface area contributed by atoms with Gasteiger partial charge in [-0.25, -0.2) is 4.79 Å². The van der Waals surface area contributed by atoms with E-state index in [0.717, 1.165) is 29.9 Å². The second kappa shape index (κ2) is 10.2. The summed E-state index contributed by atoms with van der Waals surface area (Å²) < 4.78 is 17.6. The van der Waals surface area contributed by atoms with E-state index < -0.39 is 11.6 Å². The van der Waals surface area contributed by atoms with Crippen LogP contribution in [-0.2, 0) is 16.0 Å². The molecule has 0 aromatic heterocycles. The zero-order chi connectivity index (χ0) is 21.5. The van der Waals surface area contributed by atoms with E-state index in [4.69, 9.17) is 14.2 Å². The van der Waals surface area contributed by atoms with Gasteiger partial charge in [-0.15, -0.1) is 0 Å². The number of aliphatic carboxylic acids is 1. The van der Waals surface area contributed by atoms with Crippen molar-refractivity contribution in [3.63, 3.8) is 0 Å². The molecule has 166 valence electrons. The van der Waals surface area contributed by atoms with Gasteiger partial charge in [-0.05, 0) is 60.9 Å². The van der Waals surface area contributed by atoms with Crippen LogP contribution in [0.5, 0.6) is 11.5 Å². The Hall–Kier alpha value is -2.53. The van der Waals surface area contributed by atoms with Gasteiger partial charge in [0.1, 0.15) is 11.5 Å². The normalized spacial score (nSPS) is 21.3. The van der Waals surface area contributed by atoms with Crippen molar-refractivity contribution < 1.29 is 24.1 Å². The molecule has 1 atom stereocenters. The van der Waals surface area contributed by atoms with Crippen molar-refractivity contribution in [3.8, 4) is 11.5 Å². The lowest BCUT2D eigenvalue weighted by Crippen LogP contribution is -2.40. The summed E-state index contributed by atoms with van der Waals surface area (Å²) in [4.78, 5) is 11.7. The Bertz CT molecular complexity index is 866. The van der Waals surface area contributed by atoms with E-state index >= 15 is 0 Å². The lowest BCUT2D eigenvalue weighted by atomic mass is 9.91. The molecule has 1 heterocycles. The molecule has 1 saturated carbocycles. The van der Waals surface area contributed by atoms with Gasteiger partial charge < -0.3 is 19.3 Å². The van der Waals surface area contributed by atoms with Crippen molar-refractivity contribution in [2.75, 3.05) is 19.8 Å². The number of rotatable bonds is 10. The third-order valence-electron chi connectivity index (χ3n) is 6.41. The second-order valence-electron chi connectivity index (χ2n) is 8.65. The van der Waals surface area contributed by atoms with Gasteiger partial charge in [-0.2, -0.15) is 0 Å². The van der Waals surface area contributed by atoms with Gasteiger partial charge in [-0.1, -0.05) is 43.2 Å². The summed E-state index contributed by atoms with van der Waals surface area (Å²) in [7, 11) is 0. The molecule has 0 bridgehead atoms. The van der Waals surface area contributed by atoms with Gasteiger partial charge in [0, 0.05) is 19.4 Å². The molecule has 4 rings (SSSR count). The number of benzene rings is 2. The van der Waals surface area contributed by atoms with Gasteiger partial charge in [0.15, 0.2) is 5.60 Å². The summed E-state index contributed by atoms with van der Waals surface area (Å²) in [5, 5.41) is 9.61. The summed E-state index contributed by atoms with van der Waals surface area (Å²) in [6.07, 6.45) is 7.62. The first-order valence-electron chi connectivity index (χ1n) is 11.5. The molecule has 2 aromatic rings. The molecule has 2 fully saturated rings. The van der Waals surface area contributed by atoms with Gasteiger partial charge >= 0.3 is 5.97 Å². The van der Waals surface area contributed by atoms with Crippen molar-refractivity contribution in [2.45, 2.75) is 62.9 Å². The average Bonchev–Trinajstić information content (AvgIpc) is 3.47. The highest BCUT2D eigenvalue weighted by atomic mass is 16.5. The maximum absolute atomic E-state index is 11.7. The number of carbonyl (C=O) groups is 1. The van der Waals surface area contributed by atoms with E-state index in [1.807, 2.05) is 30.3 Å². The Labute approximate surface area is 184 Å². The highest BCUT2D eigenvalue weighted by molar-refractivity contribution is 5.78. The minimum Gasteiger partial charge on any atom is -0.493 e. The molecule has 0 amide bonds. The molecule has 1 saturated heterocycles. The van der Waals surface area contributed by atoms with Crippen molar-refractivity contribution >= 4 is 5.97 Å². The highest BCUT2D eigenvalue weighted by Gasteiger charge is 2.42. The van der Waals surface area contributed by atoms with Crippen molar-refractivity contribution in [1.82, 2.24) is 0 Å². The smallest absolute Gasteiger partial charge is 0.336 e. The van der Waals surface area contributed by atoms with E-state index in [1.165, 1.54) is 31.2 Å². The predicted molar refractivity (Wildman–Crippen MR) is 119 cm³/mol. The number of hydrogen-bond acceptors (Lipinski definition) is 4. The molecule has 2 aromatic carbocycles. The van der Waals surface area contributed by atoms with Crippen LogP contribution in [0.2, 0.25) is 0 Å². The third-order valence-corrected chi connectivity index (χ3v) is 6.41. The lowest BCUT2D eigenvalue weighted by molar-refractivity contribution is -0.159. The van der Waals surface area contributed by atoms with Crippen LogP contribution in [0, 0.1) is 0 Å². The van der Waals surface area contributed by atoms with Gasteiger partial charge in [0.05, 0.1) is 13.2 Å². The molecule has 1 unspecified atom stereocenters. The fraction of sp³-hybridized carbons (Fsp3) is 0.500. The Kier molecular flexibility index (Phi) is 7.13. The zero-order valence-electron chi connectivity index (χ0n) is 18.1. The van der Waals surface area contributed by atoms with Crippen LogP contribution in [0.1, 0.15) is 62.0 Å². The molecule has 1 aliphatic heterocycles. The van der Waals surface area contributed by atoms with E-state index in [2.05, 4.69) is 18.2 Å². The van der Waals surface area contributed by atoms with Gasteiger partial charge in [0.2, 0.25) is 0 Å². The Morgan fingerprint density at radius 1 is 1.03 bits per heavy atom. The number of carboxylic acids is 1. The molecule has 2 aliphatic rings. The van der Waals surface area contributed by atoms with E-state index in [9.17, 15) is 9.90 Å². The minimum absolute atomic E-state index is 0.362. The Balaban J connectivity index is 1.25. The topological polar surface area (TPSA) is 65.0 Å².